The number of amides is 4. The number of nitrogens with zero attached hydrogens (tertiary/aromatic N) is 2. The van der Waals surface area contributed by atoms with Crippen LogP contribution in [0.25, 0.3) is 0 Å². The molecule has 9 heteroatoms. The zero-order chi connectivity index (χ0) is 21.4. The molecule has 0 aliphatic carbocycles. The van der Waals surface area contributed by atoms with Gasteiger partial charge in [0.05, 0.1) is 26.3 Å². The van der Waals surface area contributed by atoms with Crippen molar-refractivity contribution in [3.8, 4) is 0 Å². The second kappa shape index (κ2) is 10.2. The van der Waals surface area contributed by atoms with E-state index in [4.69, 9.17) is 4.74 Å². The third-order valence-corrected chi connectivity index (χ3v) is 4.10. The molecule has 4 amide bonds. The smallest absolute Gasteiger partial charge is 0.321 e. The number of likely N-dealkylation sites (N-methyl/N-ethyl adjacent to an activating group) is 1. The number of ether oxygens (including phenoxy) is 1. The Morgan fingerprint density at radius 2 is 1.62 bits per heavy atom. The van der Waals surface area contributed by atoms with Crippen molar-refractivity contribution in [1.29, 1.82) is 0 Å². The van der Waals surface area contributed by atoms with Crippen molar-refractivity contribution in [3.05, 3.63) is 24.3 Å². The maximum Gasteiger partial charge on any atom is 0.321 e. The lowest BCUT2D eigenvalue weighted by Crippen LogP contribution is -2.50. The van der Waals surface area contributed by atoms with Gasteiger partial charge in [0.15, 0.2) is 0 Å². The Kier molecular flexibility index (Phi) is 7.98. The van der Waals surface area contributed by atoms with E-state index >= 15 is 0 Å². The van der Waals surface area contributed by atoms with E-state index in [2.05, 4.69) is 20.9 Å². The van der Waals surface area contributed by atoms with Gasteiger partial charge in [-0.05, 0) is 52.1 Å². The molecule has 3 N–H and O–H groups in total. The first-order valence-corrected chi connectivity index (χ1v) is 9.65. The van der Waals surface area contributed by atoms with E-state index in [0.717, 1.165) is 32.0 Å². The Hall–Kier alpha value is -2.65. The SMILES string of the molecule is CN(CC(=O)NC(=O)NC(C)(C)C)CC(=O)Nc1ccc(N2CCOCC2)cc1. The zero-order valence-electron chi connectivity index (χ0n) is 17.6. The quantitative estimate of drug-likeness (QED) is 0.653. The van der Waals surface area contributed by atoms with Gasteiger partial charge in [-0.25, -0.2) is 4.79 Å². The fraction of sp³-hybridized carbons (Fsp3) is 0.550. The lowest BCUT2D eigenvalue weighted by atomic mass is 10.1. The molecule has 1 aromatic carbocycles. The first kappa shape index (κ1) is 22.6. The second-order valence-electron chi connectivity index (χ2n) is 8.12. The van der Waals surface area contributed by atoms with Crippen LogP contribution in [0.4, 0.5) is 16.2 Å². The van der Waals surface area contributed by atoms with Gasteiger partial charge in [0.25, 0.3) is 0 Å². The molecular weight excluding hydrogens is 374 g/mol. The molecule has 0 saturated carbocycles. The summed E-state index contributed by atoms with van der Waals surface area (Å²) in [5.41, 5.74) is 1.34. The number of carbonyl (C=O) groups excluding carboxylic acids is 3. The highest BCUT2D eigenvalue weighted by Gasteiger charge is 2.17. The van der Waals surface area contributed by atoms with Crippen molar-refractivity contribution in [2.24, 2.45) is 0 Å². The van der Waals surface area contributed by atoms with E-state index in [9.17, 15) is 14.4 Å². The van der Waals surface area contributed by atoms with Crippen LogP contribution in [-0.2, 0) is 14.3 Å². The molecule has 0 bridgehead atoms. The number of anilines is 2. The number of nitrogens with one attached hydrogen (secondary N) is 3. The van der Waals surface area contributed by atoms with E-state index in [1.807, 2.05) is 45.0 Å². The van der Waals surface area contributed by atoms with Gasteiger partial charge >= 0.3 is 6.03 Å². The first-order chi connectivity index (χ1) is 13.6. The Morgan fingerprint density at radius 1 is 1.03 bits per heavy atom. The zero-order valence-corrected chi connectivity index (χ0v) is 17.6. The molecule has 160 valence electrons. The summed E-state index contributed by atoms with van der Waals surface area (Å²) in [6, 6.07) is 7.08. The minimum absolute atomic E-state index is 0.0273. The van der Waals surface area contributed by atoms with Crippen LogP contribution in [0.5, 0.6) is 0 Å². The number of carbonyl (C=O) groups is 3. The summed E-state index contributed by atoms with van der Waals surface area (Å²) in [7, 11) is 1.64. The summed E-state index contributed by atoms with van der Waals surface area (Å²) >= 11 is 0. The van der Waals surface area contributed by atoms with E-state index in [1.165, 1.54) is 4.90 Å². The van der Waals surface area contributed by atoms with Crippen molar-refractivity contribution in [3.63, 3.8) is 0 Å². The fourth-order valence-corrected chi connectivity index (χ4v) is 2.86. The Bertz CT molecular complexity index is 709. The Balaban J connectivity index is 1.75. The van der Waals surface area contributed by atoms with Gasteiger partial charge in [0.2, 0.25) is 11.8 Å². The number of hydrogen-bond acceptors (Lipinski definition) is 6. The largest absolute Gasteiger partial charge is 0.378 e. The molecule has 1 aromatic rings. The molecule has 1 aliphatic rings. The highest BCUT2D eigenvalue weighted by atomic mass is 16.5. The van der Waals surface area contributed by atoms with Gasteiger partial charge in [-0.3, -0.25) is 19.8 Å². The van der Waals surface area contributed by atoms with Crippen molar-refractivity contribution in [1.82, 2.24) is 15.5 Å². The van der Waals surface area contributed by atoms with Crippen LogP contribution in [0.15, 0.2) is 24.3 Å². The van der Waals surface area contributed by atoms with Crippen LogP contribution >= 0.6 is 0 Å². The molecule has 0 unspecified atom stereocenters. The predicted molar refractivity (Wildman–Crippen MR) is 112 cm³/mol. The number of hydrogen-bond donors (Lipinski definition) is 3. The Morgan fingerprint density at radius 3 is 2.21 bits per heavy atom. The number of imide groups is 1. The van der Waals surface area contributed by atoms with E-state index in [-0.39, 0.29) is 19.0 Å². The van der Waals surface area contributed by atoms with Crippen molar-refractivity contribution < 1.29 is 19.1 Å². The van der Waals surface area contributed by atoms with E-state index in [1.54, 1.807) is 7.05 Å². The molecule has 0 atom stereocenters. The third-order valence-electron chi connectivity index (χ3n) is 4.10. The maximum absolute atomic E-state index is 12.2. The van der Waals surface area contributed by atoms with E-state index < -0.39 is 17.5 Å². The van der Waals surface area contributed by atoms with Crippen LogP contribution in [0.2, 0.25) is 0 Å². The summed E-state index contributed by atoms with van der Waals surface area (Å²) in [6.07, 6.45) is 0. The highest BCUT2D eigenvalue weighted by molar-refractivity contribution is 5.96. The molecule has 1 heterocycles. The monoisotopic (exact) mass is 405 g/mol. The highest BCUT2D eigenvalue weighted by Crippen LogP contribution is 2.19. The van der Waals surface area contributed by atoms with Gasteiger partial charge in [-0.1, -0.05) is 0 Å². The predicted octanol–water partition coefficient (Wildman–Crippen LogP) is 1.02. The topological polar surface area (TPSA) is 103 Å². The summed E-state index contributed by atoms with van der Waals surface area (Å²) in [5.74, 6) is -0.713. The number of morpholine rings is 1. The molecule has 2 rings (SSSR count). The van der Waals surface area contributed by atoms with Gasteiger partial charge in [-0.2, -0.15) is 0 Å². The van der Waals surface area contributed by atoms with Crippen LogP contribution in [0, 0.1) is 0 Å². The lowest BCUT2D eigenvalue weighted by Gasteiger charge is -2.28. The van der Waals surface area contributed by atoms with Crippen molar-refractivity contribution in [2.45, 2.75) is 26.3 Å². The molecule has 0 radical (unpaired) electrons. The molecule has 0 spiro atoms. The fourth-order valence-electron chi connectivity index (χ4n) is 2.86. The Labute approximate surface area is 171 Å². The summed E-state index contributed by atoms with van der Waals surface area (Å²) in [5, 5.41) is 7.71. The molecule has 9 nitrogen and oxygen atoms in total. The molecule has 29 heavy (non-hydrogen) atoms. The minimum atomic E-state index is -0.555. The van der Waals surface area contributed by atoms with Gasteiger partial charge in [0, 0.05) is 30.0 Å². The summed E-state index contributed by atoms with van der Waals surface area (Å²) in [6.45, 7) is 8.56. The number of benzene rings is 1. The standard InChI is InChI=1S/C20H31N5O4/c1-20(2,3)23-19(28)22-18(27)14-24(4)13-17(26)21-15-5-7-16(8-6-15)25-9-11-29-12-10-25/h5-8H,9-14H2,1-4H3,(H,21,26)(H2,22,23,27,28). The molecule has 1 aliphatic heterocycles. The van der Waals surface area contributed by atoms with Gasteiger partial charge in [-0.15, -0.1) is 0 Å². The van der Waals surface area contributed by atoms with E-state index in [0.29, 0.717) is 5.69 Å². The van der Waals surface area contributed by atoms with Crippen LogP contribution in [-0.4, -0.2) is 74.7 Å². The normalized spacial score (nSPS) is 14.4. The summed E-state index contributed by atoms with van der Waals surface area (Å²) in [4.78, 5) is 39.6. The summed E-state index contributed by atoms with van der Waals surface area (Å²) < 4.78 is 5.35. The number of urea groups is 1. The molecular formula is C20H31N5O4. The second-order valence-corrected chi connectivity index (χ2v) is 8.12. The van der Waals surface area contributed by atoms with Gasteiger partial charge < -0.3 is 20.3 Å². The van der Waals surface area contributed by atoms with Crippen LogP contribution in [0.1, 0.15) is 20.8 Å². The van der Waals surface area contributed by atoms with Crippen molar-refractivity contribution >= 4 is 29.2 Å². The van der Waals surface area contributed by atoms with Gasteiger partial charge in [0.1, 0.15) is 0 Å². The third kappa shape index (κ3) is 8.49. The molecule has 1 fully saturated rings. The first-order valence-electron chi connectivity index (χ1n) is 9.65. The average Bonchev–Trinajstić information content (AvgIpc) is 2.60. The van der Waals surface area contributed by atoms with Crippen molar-refractivity contribution in [2.75, 3.05) is 56.7 Å². The molecule has 1 saturated heterocycles. The van der Waals surface area contributed by atoms with Crippen LogP contribution in [0.3, 0.4) is 0 Å². The number of rotatable bonds is 6. The maximum atomic E-state index is 12.2. The average molecular weight is 405 g/mol. The molecule has 0 aromatic heterocycles. The minimum Gasteiger partial charge on any atom is -0.378 e. The lowest BCUT2D eigenvalue weighted by molar-refractivity contribution is -0.122. The van der Waals surface area contributed by atoms with Crippen LogP contribution < -0.4 is 20.9 Å².